The molecule has 2 nitrogen and oxygen atoms in total. The van der Waals surface area contributed by atoms with Gasteiger partial charge in [-0.05, 0) is 56.6 Å². The van der Waals surface area contributed by atoms with Crippen LogP contribution in [0.2, 0.25) is 0 Å². The first kappa shape index (κ1) is 13.0. The molecule has 0 radical (unpaired) electrons. The van der Waals surface area contributed by atoms with Crippen LogP contribution in [0.4, 0.5) is 5.69 Å². The quantitative estimate of drug-likeness (QED) is 0.901. The molecule has 104 valence electrons. The molecule has 19 heavy (non-hydrogen) atoms. The van der Waals surface area contributed by atoms with E-state index in [1.54, 1.807) is 0 Å². The summed E-state index contributed by atoms with van der Waals surface area (Å²) in [6.45, 7) is 3.34. The van der Waals surface area contributed by atoms with Crippen LogP contribution in [0.5, 0.6) is 0 Å². The Morgan fingerprint density at radius 1 is 1.21 bits per heavy atom. The van der Waals surface area contributed by atoms with Crippen molar-refractivity contribution in [3.05, 3.63) is 29.8 Å². The molecule has 3 unspecified atom stereocenters. The Hall–Kier alpha value is -1.02. The number of fused-ring (bicyclic) bond motifs is 1. The third-order valence-corrected chi connectivity index (χ3v) is 4.84. The second kappa shape index (κ2) is 5.54. The Morgan fingerprint density at radius 3 is 2.84 bits per heavy atom. The lowest BCUT2D eigenvalue weighted by Gasteiger charge is -2.40. The highest BCUT2D eigenvalue weighted by atomic mass is 15.2. The number of hydrogen-bond donors (Lipinski definition) is 1. The summed E-state index contributed by atoms with van der Waals surface area (Å²) in [5.41, 5.74) is 8.90. The van der Waals surface area contributed by atoms with Crippen molar-refractivity contribution in [2.45, 2.75) is 57.5 Å². The minimum atomic E-state index is 0.241. The number of nitrogens with two attached hydrogens (primary N) is 1. The van der Waals surface area contributed by atoms with Crippen molar-refractivity contribution < 1.29 is 0 Å². The second-order valence-corrected chi connectivity index (χ2v) is 6.40. The maximum atomic E-state index is 6.01. The fraction of sp³-hybridized carbons (Fsp3) is 0.647. The molecule has 0 bridgehead atoms. The zero-order chi connectivity index (χ0) is 13.2. The van der Waals surface area contributed by atoms with E-state index in [2.05, 4.69) is 36.1 Å². The molecule has 1 aliphatic carbocycles. The highest BCUT2D eigenvalue weighted by molar-refractivity contribution is 5.55. The van der Waals surface area contributed by atoms with Crippen molar-refractivity contribution in [3.8, 4) is 0 Å². The van der Waals surface area contributed by atoms with E-state index in [4.69, 9.17) is 5.73 Å². The molecule has 1 aromatic rings. The van der Waals surface area contributed by atoms with Gasteiger partial charge in [-0.1, -0.05) is 24.6 Å². The van der Waals surface area contributed by atoms with Crippen LogP contribution in [-0.2, 0) is 6.42 Å². The first-order valence-electron chi connectivity index (χ1n) is 7.86. The number of para-hydroxylation sites is 1. The predicted molar refractivity (Wildman–Crippen MR) is 81.5 cm³/mol. The lowest BCUT2D eigenvalue weighted by atomic mass is 9.90. The van der Waals surface area contributed by atoms with Crippen LogP contribution >= 0.6 is 0 Å². The highest BCUT2D eigenvalue weighted by Crippen LogP contribution is 2.40. The van der Waals surface area contributed by atoms with Gasteiger partial charge in [0.25, 0.3) is 0 Å². The van der Waals surface area contributed by atoms with Crippen LogP contribution in [0.3, 0.4) is 0 Å². The van der Waals surface area contributed by atoms with Gasteiger partial charge >= 0.3 is 0 Å². The van der Waals surface area contributed by atoms with Crippen LogP contribution in [0, 0.1) is 5.92 Å². The van der Waals surface area contributed by atoms with E-state index in [1.807, 2.05) is 0 Å². The Labute approximate surface area is 117 Å². The van der Waals surface area contributed by atoms with E-state index < -0.39 is 0 Å². The predicted octanol–water partition coefficient (Wildman–Crippen LogP) is 3.35. The fourth-order valence-electron chi connectivity index (χ4n) is 4.06. The number of hydrogen-bond acceptors (Lipinski definition) is 2. The molecule has 3 atom stereocenters. The van der Waals surface area contributed by atoms with Gasteiger partial charge in [-0.25, -0.2) is 0 Å². The summed E-state index contributed by atoms with van der Waals surface area (Å²) in [4.78, 5) is 2.69. The van der Waals surface area contributed by atoms with Crippen LogP contribution in [0.25, 0.3) is 0 Å². The monoisotopic (exact) mass is 258 g/mol. The van der Waals surface area contributed by atoms with Crippen molar-refractivity contribution in [2.75, 3.05) is 11.4 Å². The minimum absolute atomic E-state index is 0.241. The molecule has 1 aromatic carbocycles. The van der Waals surface area contributed by atoms with E-state index in [1.165, 1.54) is 49.9 Å². The summed E-state index contributed by atoms with van der Waals surface area (Å²) in [5.74, 6) is 0.942. The van der Waals surface area contributed by atoms with Crippen molar-refractivity contribution in [2.24, 2.45) is 11.7 Å². The molecule has 1 saturated heterocycles. The molecule has 0 aromatic heterocycles. The van der Waals surface area contributed by atoms with Gasteiger partial charge in [-0.2, -0.15) is 0 Å². The summed E-state index contributed by atoms with van der Waals surface area (Å²) in [6.07, 6.45) is 8.03. The van der Waals surface area contributed by atoms with E-state index in [0.717, 1.165) is 18.4 Å². The summed E-state index contributed by atoms with van der Waals surface area (Å²) >= 11 is 0. The topological polar surface area (TPSA) is 29.3 Å². The van der Waals surface area contributed by atoms with Gasteiger partial charge in [0, 0.05) is 24.3 Å². The van der Waals surface area contributed by atoms with Crippen molar-refractivity contribution >= 4 is 5.69 Å². The first-order valence-corrected chi connectivity index (χ1v) is 7.86. The Balaban J connectivity index is 1.88. The zero-order valence-corrected chi connectivity index (χ0v) is 12.0. The van der Waals surface area contributed by atoms with Gasteiger partial charge < -0.3 is 10.6 Å². The normalized spacial score (nSPS) is 28.2. The molecule has 0 spiro atoms. The largest absolute Gasteiger partial charge is 0.368 e. The molecular formula is C17H26N2. The highest BCUT2D eigenvalue weighted by Gasteiger charge is 2.35. The molecule has 2 fully saturated rings. The summed E-state index contributed by atoms with van der Waals surface area (Å²) in [5, 5.41) is 0. The van der Waals surface area contributed by atoms with Crippen LogP contribution in [0.15, 0.2) is 24.3 Å². The van der Waals surface area contributed by atoms with E-state index >= 15 is 0 Å². The third kappa shape index (κ3) is 2.64. The maximum absolute atomic E-state index is 6.01. The number of benzene rings is 1. The van der Waals surface area contributed by atoms with Crippen LogP contribution in [0.1, 0.15) is 44.6 Å². The molecule has 2 heteroatoms. The SMILES string of the molecule is CC(N)Cc1ccccc1N1CCCC2CCCC21. The summed E-state index contributed by atoms with van der Waals surface area (Å²) in [7, 11) is 0. The standard InChI is InChI=1S/C17H26N2/c1-13(18)12-15-6-2-3-9-17(15)19-11-5-8-14-7-4-10-16(14)19/h2-3,6,9,13-14,16H,4-5,7-8,10-12,18H2,1H3. The van der Waals surface area contributed by atoms with E-state index in [0.29, 0.717) is 0 Å². The Kier molecular flexibility index (Phi) is 3.79. The third-order valence-electron chi connectivity index (χ3n) is 4.84. The lowest BCUT2D eigenvalue weighted by molar-refractivity contribution is 0.362. The molecule has 1 saturated carbocycles. The van der Waals surface area contributed by atoms with E-state index in [9.17, 15) is 0 Å². The number of rotatable bonds is 3. The average Bonchev–Trinajstić information content (AvgIpc) is 2.87. The molecule has 3 rings (SSSR count). The Bertz CT molecular complexity index is 427. The van der Waals surface area contributed by atoms with Crippen molar-refractivity contribution in [3.63, 3.8) is 0 Å². The summed E-state index contributed by atoms with van der Waals surface area (Å²) in [6, 6.07) is 9.93. The molecule has 2 N–H and O–H groups in total. The van der Waals surface area contributed by atoms with Gasteiger partial charge in [0.15, 0.2) is 0 Å². The minimum Gasteiger partial charge on any atom is -0.368 e. The molecular weight excluding hydrogens is 232 g/mol. The van der Waals surface area contributed by atoms with Crippen molar-refractivity contribution in [1.29, 1.82) is 0 Å². The number of anilines is 1. The molecule has 1 aliphatic heterocycles. The molecule has 2 aliphatic rings. The van der Waals surface area contributed by atoms with Crippen LogP contribution in [-0.4, -0.2) is 18.6 Å². The fourth-order valence-corrected chi connectivity index (χ4v) is 4.06. The summed E-state index contributed by atoms with van der Waals surface area (Å²) < 4.78 is 0. The maximum Gasteiger partial charge on any atom is 0.0401 e. The molecule has 0 amide bonds. The van der Waals surface area contributed by atoms with E-state index in [-0.39, 0.29) is 6.04 Å². The Morgan fingerprint density at radius 2 is 2.00 bits per heavy atom. The van der Waals surface area contributed by atoms with Gasteiger partial charge in [0.05, 0.1) is 0 Å². The van der Waals surface area contributed by atoms with Crippen molar-refractivity contribution in [1.82, 2.24) is 0 Å². The van der Waals surface area contributed by atoms with Gasteiger partial charge in [-0.15, -0.1) is 0 Å². The van der Waals surface area contributed by atoms with Gasteiger partial charge in [0.1, 0.15) is 0 Å². The number of nitrogens with zero attached hydrogens (tertiary/aromatic N) is 1. The number of piperidine rings is 1. The van der Waals surface area contributed by atoms with Gasteiger partial charge in [-0.3, -0.25) is 0 Å². The first-order chi connectivity index (χ1) is 9.25. The smallest absolute Gasteiger partial charge is 0.0401 e. The second-order valence-electron chi connectivity index (χ2n) is 6.40. The molecule has 1 heterocycles. The van der Waals surface area contributed by atoms with Gasteiger partial charge in [0.2, 0.25) is 0 Å². The zero-order valence-electron chi connectivity index (χ0n) is 12.0. The average molecular weight is 258 g/mol. The van der Waals surface area contributed by atoms with Crippen LogP contribution < -0.4 is 10.6 Å². The lowest BCUT2D eigenvalue weighted by Crippen LogP contribution is -2.43.